The van der Waals surface area contributed by atoms with Crippen molar-refractivity contribution in [1.82, 2.24) is 9.99 Å². The van der Waals surface area contributed by atoms with Crippen molar-refractivity contribution in [2.75, 3.05) is 7.11 Å². The number of methoxy groups -OCH3 is 1. The standard InChI is InChI=1S/C30H32ClN3O5/c1-6-21(4)38-29-26(31)15-22(16-28(29)36-5)17-32-33-30(35)27-14-13-25(39-27)18-37-24-11-9-23(10-12-24)34-19(2)7-8-20(34)3/h7-17,21H,6,18H2,1-5H3,(H,33,35)/b32-17+/t21-/m0/s1. The lowest BCUT2D eigenvalue weighted by Gasteiger charge is -2.17. The number of aryl methyl sites for hydroxylation is 2. The lowest BCUT2D eigenvalue weighted by Crippen LogP contribution is -2.16. The first-order valence-electron chi connectivity index (χ1n) is 12.6. The molecule has 2 aromatic heterocycles. The van der Waals surface area contributed by atoms with Gasteiger partial charge in [0, 0.05) is 17.1 Å². The van der Waals surface area contributed by atoms with Gasteiger partial charge in [0.1, 0.15) is 18.1 Å². The summed E-state index contributed by atoms with van der Waals surface area (Å²) in [5, 5.41) is 4.40. The van der Waals surface area contributed by atoms with Gasteiger partial charge in [-0.25, -0.2) is 5.43 Å². The average Bonchev–Trinajstić information content (AvgIpc) is 3.55. The Balaban J connectivity index is 1.32. The lowest BCUT2D eigenvalue weighted by atomic mass is 10.2. The fraction of sp³-hybridized carbons (Fsp3) is 0.267. The van der Waals surface area contributed by atoms with E-state index in [4.69, 9.17) is 30.2 Å². The Bertz CT molecular complexity index is 1440. The minimum Gasteiger partial charge on any atom is -0.493 e. The van der Waals surface area contributed by atoms with Crippen LogP contribution in [0.2, 0.25) is 5.02 Å². The molecule has 1 atom stereocenters. The Kier molecular flexibility index (Phi) is 8.99. The van der Waals surface area contributed by atoms with Crippen molar-refractivity contribution in [1.29, 1.82) is 0 Å². The number of nitrogens with zero attached hydrogens (tertiary/aromatic N) is 2. The van der Waals surface area contributed by atoms with Crippen LogP contribution in [0.1, 0.15) is 53.5 Å². The van der Waals surface area contributed by atoms with E-state index in [1.807, 2.05) is 38.1 Å². The predicted octanol–water partition coefficient (Wildman–Crippen LogP) is 6.87. The van der Waals surface area contributed by atoms with Crippen LogP contribution < -0.4 is 19.6 Å². The van der Waals surface area contributed by atoms with E-state index in [-0.39, 0.29) is 18.5 Å². The number of hydrogen-bond donors (Lipinski definition) is 1. The van der Waals surface area contributed by atoms with Gasteiger partial charge < -0.3 is 23.2 Å². The van der Waals surface area contributed by atoms with Crippen LogP contribution in [-0.2, 0) is 6.61 Å². The highest BCUT2D eigenvalue weighted by atomic mass is 35.5. The number of amides is 1. The second-order valence-electron chi connectivity index (χ2n) is 9.07. The molecule has 0 saturated carbocycles. The van der Waals surface area contributed by atoms with Crippen LogP contribution in [0.15, 0.2) is 70.2 Å². The molecule has 0 unspecified atom stereocenters. The maximum atomic E-state index is 12.5. The van der Waals surface area contributed by atoms with Crippen LogP contribution in [0.25, 0.3) is 5.69 Å². The number of carbonyl (C=O) groups is 1. The van der Waals surface area contributed by atoms with Gasteiger partial charge in [0.05, 0.1) is 24.5 Å². The van der Waals surface area contributed by atoms with Gasteiger partial charge in [-0.15, -0.1) is 0 Å². The summed E-state index contributed by atoms with van der Waals surface area (Å²) >= 11 is 6.39. The molecular formula is C30H32ClN3O5. The zero-order chi connectivity index (χ0) is 27.9. The molecule has 2 aromatic carbocycles. The van der Waals surface area contributed by atoms with Crippen molar-refractivity contribution in [3.8, 4) is 22.9 Å². The van der Waals surface area contributed by atoms with Crippen molar-refractivity contribution >= 4 is 23.7 Å². The molecule has 0 radical (unpaired) electrons. The Morgan fingerprint density at radius 1 is 1.10 bits per heavy atom. The van der Waals surface area contributed by atoms with Gasteiger partial charge in [0.2, 0.25) is 0 Å². The van der Waals surface area contributed by atoms with Crippen LogP contribution >= 0.6 is 11.6 Å². The smallest absolute Gasteiger partial charge is 0.307 e. The molecule has 0 spiro atoms. The van der Waals surface area contributed by atoms with Gasteiger partial charge in [-0.05, 0) is 93.4 Å². The molecule has 0 aliphatic rings. The number of benzene rings is 2. The summed E-state index contributed by atoms with van der Waals surface area (Å²) in [6.45, 7) is 8.30. The monoisotopic (exact) mass is 549 g/mol. The van der Waals surface area contributed by atoms with Crippen molar-refractivity contribution in [3.63, 3.8) is 0 Å². The third-order valence-corrected chi connectivity index (χ3v) is 6.44. The summed E-state index contributed by atoms with van der Waals surface area (Å²) < 4.78 is 24.9. The highest BCUT2D eigenvalue weighted by molar-refractivity contribution is 6.32. The second-order valence-corrected chi connectivity index (χ2v) is 9.48. The van der Waals surface area contributed by atoms with Crippen molar-refractivity contribution in [2.24, 2.45) is 5.10 Å². The van der Waals surface area contributed by atoms with Crippen LogP contribution in [0.4, 0.5) is 0 Å². The number of nitrogens with one attached hydrogen (secondary N) is 1. The molecule has 2 heterocycles. The van der Waals surface area contributed by atoms with Gasteiger partial charge in [0.25, 0.3) is 0 Å². The number of hydrogen-bond acceptors (Lipinski definition) is 6. The molecule has 1 N–H and O–H groups in total. The molecular weight excluding hydrogens is 518 g/mol. The second kappa shape index (κ2) is 12.6. The van der Waals surface area contributed by atoms with Gasteiger partial charge in [-0.1, -0.05) is 18.5 Å². The highest BCUT2D eigenvalue weighted by Crippen LogP contribution is 2.37. The maximum absolute atomic E-state index is 12.5. The van der Waals surface area contributed by atoms with Crippen molar-refractivity contribution in [3.05, 3.63) is 94.2 Å². The van der Waals surface area contributed by atoms with Crippen LogP contribution in [0, 0.1) is 13.8 Å². The topological polar surface area (TPSA) is 87.2 Å². The summed E-state index contributed by atoms with van der Waals surface area (Å²) in [4.78, 5) is 12.5. The highest BCUT2D eigenvalue weighted by Gasteiger charge is 2.15. The molecule has 0 fully saturated rings. The van der Waals surface area contributed by atoms with E-state index in [0.717, 1.165) is 12.1 Å². The van der Waals surface area contributed by atoms with Gasteiger partial charge >= 0.3 is 5.91 Å². The zero-order valence-electron chi connectivity index (χ0n) is 22.7. The van der Waals surface area contributed by atoms with Crippen molar-refractivity contribution in [2.45, 2.75) is 46.8 Å². The molecule has 1 amide bonds. The Hall–Kier alpha value is -4.17. The van der Waals surface area contributed by atoms with E-state index >= 15 is 0 Å². The zero-order valence-corrected chi connectivity index (χ0v) is 23.4. The van der Waals surface area contributed by atoms with E-state index in [9.17, 15) is 4.79 Å². The van der Waals surface area contributed by atoms with E-state index in [2.05, 4.69) is 41.1 Å². The quantitative estimate of drug-likeness (QED) is 0.163. The van der Waals surface area contributed by atoms with Gasteiger partial charge in [-0.3, -0.25) is 4.79 Å². The first-order valence-corrected chi connectivity index (χ1v) is 13.0. The number of aromatic nitrogens is 1. The van der Waals surface area contributed by atoms with Crippen LogP contribution in [0.5, 0.6) is 17.2 Å². The number of rotatable bonds is 11. The summed E-state index contributed by atoms with van der Waals surface area (Å²) in [6.07, 6.45) is 2.28. The molecule has 4 aromatic rings. The summed E-state index contributed by atoms with van der Waals surface area (Å²) in [5.74, 6) is 1.79. The largest absolute Gasteiger partial charge is 0.493 e. The third-order valence-electron chi connectivity index (χ3n) is 6.16. The molecule has 0 bridgehead atoms. The van der Waals surface area contributed by atoms with E-state index in [1.165, 1.54) is 24.7 Å². The Morgan fingerprint density at radius 2 is 1.82 bits per heavy atom. The summed E-state index contributed by atoms with van der Waals surface area (Å²) in [5.41, 5.74) is 6.49. The third kappa shape index (κ3) is 6.83. The number of halogens is 1. The minimum atomic E-state index is -0.492. The van der Waals surface area contributed by atoms with E-state index in [1.54, 1.807) is 24.3 Å². The summed E-state index contributed by atoms with van der Waals surface area (Å²) in [6, 6.07) is 18.7. The van der Waals surface area contributed by atoms with Gasteiger partial charge in [0.15, 0.2) is 17.3 Å². The number of carbonyl (C=O) groups excluding carboxylic acids is 1. The molecule has 39 heavy (non-hydrogen) atoms. The summed E-state index contributed by atoms with van der Waals surface area (Å²) in [7, 11) is 1.54. The molecule has 8 nitrogen and oxygen atoms in total. The Labute approximate surface area is 233 Å². The first kappa shape index (κ1) is 27.9. The van der Waals surface area contributed by atoms with E-state index < -0.39 is 5.91 Å². The van der Waals surface area contributed by atoms with Crippen molar-refractivity contribution < 1.29 is 23.4 Å². The van der Waals surface area contributed by atoms with Gasteiger partial charge in [-0.2, -0.15) is 5.10 Å². The fourth-order valence-electron chi connectivity index (χ4n) is 3.93. The normalized spacial score (nSPS) is 11.9. The molecule has 0 aliphatic heterocycles. The molecule has 0 aliphatic carbocycles. The number of hydrazone groups is 1. The molecule has 9 heteroatoms. The number of ether oxygens (including phenoxy) is 3. The average molecular weight is 550 g/mol. The number of furan rings is 1. The molecule has 0 saturated heterocycles. The molecule has 4 rings (SSSR count). The first-order chi connectivity index (χ1) is 18.8. The SMILES string of the molecule is CC[C@H](C)Oc1c(Cl)cc(/C=N/NC(=O)c2ccc(COc3ccc(-n4c(C)ccc4C)cc3)o2)cc1OC. The Morgan fingerprint density at radius 3 is 2.49 bits per heavy atom. The maximum Gasteiger partial charge on any atom is 0.307 e. The minimum absolute atomic E-state index is 0.0110. The fourth-order valence-corrected chi connectivity index (χ4v) is 4.20. The van der Waals surface area contributed by atoms with Crippen LogP contribution in [-0.4, -0.2) is 29.9 Å². The van der Waals surface area contributed by atoms with E-state index in [0.29, 0.717) is 33.6 Å². The lowest BCUT2D eigenvalue weighted by molar-refractivity contribution is 0.0923. The molecule has 204 valence electrons. The predicted molar refractivity (Wildman–Crippen MR) is 152 cm³/mol. The van der Waals surface area contributed by atoms with Crippen LogP contribution in [0.3, 0.4) is 0 Å².